The molecule has 0 bridgehead atoms. The van der Waals surface area contributed by atoms with Crippen molar-refractivity contribution in [3.8, 4) is 0 Å². The lowest BCUT2D eigenvalue weighted by molar-refractivity contribution is -0.137. The summed E-state index contributed by atoms with van der Waals surface area (Å²) >= 11 is 0. The molecule has 2 N–H and O–H groups in total. The topological polar surface area (TPSA) is 26.0 Å². The summed E-state index contributed by atoms with van der Waals surface area (Å²) in [5, 5.41) is 0. The van der Waals surface area contributed by atoms with Gasteiger partial charge in [0.25, 0.3) is 0 Å². The summed E-state index contributed by atoms with van der Waals surface area (Å²) in [7, 11) is 0. The van der Waals surface area contributed by atoms with Crippen molar-refractivity contribution in [2.24, 2.45) is 5.73 Å². The molecular formula is C14H9F6N. The zero-order chi connectivity index (χ0) is 15.8. The van der Waals surface area contributed by atoms with Gasteiger partial charge in [0.2, 0.25) is 0 Å². The molecular weight excluding hydrogens is 296 g/mol. The average Bonchev–Trinajstić information content (AvgIpc) is 2.36. The smallest absolute Gasteiger partial charge is 0.320 e. The molecule has 0 aliphatic carbocycles. The zero-order valence-electron chi connectivity index (χ0n) is 10.4. The van der Waals surface area contributed by atoms with E-state index in [-0.39, 0.29) is 5.56 Å². The number of hydrogen-bond acceptors (Lipinski definition) is 1. The van der Waals surface area contributed by atoms with Crippen LogP contribution in [-0.2, 0) is 6.18 Å². The van der Waals surface area contributed by atoms with Crippen molar-refractivity contribution in [1.82, 2.24) is 0 Å². The molecule has 0 fully saturated rings. The highest BCUT2D eigenvalue weighted by Crippen LogP contribution is 2.32. The zero-order valence-corrected chi connectivity index (χ0v) is 10.4. The van der Waals surface area contributed by atoms with E-state index in [1.807, 2.05) is 0 Å². The van der Waals surface area contributed by atoms with Gasteiger partial charge in [0, 0.05) is 17.7 Å². The molecule has 21 heavy (non-hydrogen) atoms. The summed E-state index contributed by atoms with van der Waals surface area (Å²) in [6, 6.07) is 3.17. The molecule has 0 saturated heterocycles. The van der Waals surface area contributed by atoms with E-state index in [1.165, 1.54) is 6.07 Å². The molecule has 1 atom stereocenters. The average molecular weight is 305 g/mol. The highest BCUT2D eigenvalue weighted by molar-refractivity contribution is 5.36. The Morgan fingerprint density at radius 2 is 1.48 bits per heavy atom. The second-order valence-corrected chi connectivity index (χ2v) is 4.38. The lowest BCUT2D eigenvalue weighted by Gasteiger charge is -2.16. The summed E-state index contributed by atoms with van der Waals surface area (Å²) in [6.45, 7) is 0. The summed E-state index contributed by atoms with van der Waals surface area (Å²) < 4.78 is 77.8. The first-order chi connectivity index (χ1) is 9.70. The van der Waals surface area contributed by atoms with Crippen LogP contribution in [0.4, 0.5) is 26.3 Å². The van der Waals surface area contributed by atoms with Crippen LogP contribution in [0.25, 0.3) is 0 Å². The monoisotopic (exact) mass is 305 g/mol. The molecule has 0 aliphatic rings. The number of rotatable bonds is 2. The third kappa shape index (κ3) is 3.18. The molecule has 0 heterocycles. The predicted octanol–water partition coefficient (Wildman–Crippen LogP) is 4.17. The first-order valence-corrected chi connectivity index (χ1v) is 5.77. The number of nitrogens with two attached hydrogens (primary N) is 1. The van der Waals surface area contributed by atoms with E-state index in [1.54, 1.807) is 0 Å². The van der Waals surface area contributed by atoms with Crippen molar-refractivity contribution < 1.29 is 26.3 Å². The second kappa shape index (κ2) is 5.40. The minimum atomic E-state index is -4.60. The van der Waals surface area contributed by atoms with Gasteiger partial charge in [-0.25, -0.2) is 13.2 Å². The molecule has 1 unspecified atom stereocenters. The highest BCUT2D eigenvalue weighted by Gasteiger charge is 2.31. The fourth-order valence-electron chi connectivity index (χ4n) is 1.93. The molecule has 0 spiro atoms. The van der Waals surface area contributed by atoms with Crippen molar-refractivity contribution in [3.63, 3.8) is 0 Å². The largest absolute Gasteiger partial charge is 0.416 e. The summed E-state index contributed by atoms with van der Waals surface area (Å²) in [5.41, 5.74) is 3.81. The maximum absolute atomic E-state index is 13.6. The van der Waals surface area contributed by atoms with Gasteiger partial charge in [-0.2, -0.15) is 13.2 Å². The molecule has 1 nitrogen and oxygen atoms in total. The van der Waals surface area contributed by atoms with Crippen LogP contribution in [0.2, 0.25) is 0 Å². The first kappa shape index (κ1) is 15.4. The number of hydrogen-bond donors (Lipinski definition) is 1. The van der Waals surface area contributed by atoms with Crippen molar-refractivity contribution >= 4 is 0 Å². The normalized spacial score (nSPS) is 13.3. The molecule has 7 heteroatoms. The Morgan fingerprint density at radius 3 is 2.00 bits per heavy atom. The fourth-order valence-corrected chi connectivity index (χ4v) is 1.93. The van der Waals surface area contributed by atoms with Gasteiger partial charge in [-0.05, 0) is 17.7 Å². The summed E-state index contributed by atoms with van der Waals surface area (Å²) in [5.74, 6) is -3.64. The van der Waals surface area contributed by atoms with Crippen molar-refractivity contribution in [2.75, 3.05) is 0 Å². The van der Waals surface area contributed by atoms with Crippen LogP contribution in [0, 0.1) is 17.5 Å². The maximum atomic E-state index is 13.6. The molecule has 0 amide bonds. The van der Waals surface area contributed by atoms with Gasteiger partial charge in [0.15, 0.2) is 0 Å². The van der Waals surface area contributed by atoms with Gasteiger partial charge in [0.1, 0.15) is 17.5 Å². The van der Waals surface area contributed by atoms with E-state index >= 15 is 0 Å². The summed E-state index contributed by atoms with van der Waals surface area (Å²) in [4.78, 5) is 0. The molecule has 0 aliphatic heterocycles. The third-order valence-electron chi connectivity index (χ3n) is 2.93. The van der Waals surface area contributed by atoms with Gasteiger partial charge in [-0.15, -0.1) is 0 Å². The van der Waals surface area contributed by atoms with Gasteiger partial charge >= 0.3 is 6.18 Å². The van der Waals surface area contributed by atoms with Crippen LogP contribution in [0.3, 0.4) is 0 Å². The second-order valence-electron chi connectivity index (χ2n) is 4.38. The third-order valence-corrected chi connectivity index (χ3v) is 2.93. The van der Waals surface area contributed by atoms with E-state index in [4.69, 9.17) is 5.73 Å². The number of halogens is 6. The molecule has 112 valence electrons. The van der Waals surface area contributed by atoms with E-state index in [0.717, 1.165) is 12.1 Å². The fraction of sp³-hybridized carbons (Fsp3) is 0.143. The van der Waals surface area contributed by atoms with Crippen LogP contribution >= 0.6 is 0 Å². The molecule has 2 aromatic rings. The van der Waals surface area contributed by atoms with Crippen molar-refractivity contribution in [3.05, 3.63) is 70.5 Å². The Balaban J connectivity index is 2.48. The lowest BCUT2D eigenvalue weighted by Crippen LogP contribution is -2.17. The van der Waals surface area contributed by atoms with Crippen LogP contribution in [-0.4, -0.2) is 0 Å². The Hall–Kier alpha value is -2.02. The van der Waals surface area contributed by atoms with E-state index < -0.39 is 40.8 Å². The van der Waals surface area contributed by atoms with Crippen LogP contribution in [0.1, 0.15) is 22.7 Å². The Labute approximate surface area is 116 Å². The van der Waals surface area contributed by atoms with Gasteiger partial charge in [-0.1, -0.05) is 12.1 Å². The van der Waals surface area contributed by atoms with E-state index in [2.05, 4.69) is 0 Å². The Bertz CT molecular complexity index is 642. The summed E-state index contributed by atoms with van der Waals surface area (Å²) in [6.07, 6.45) is -4.60. The van der Waals surface area contributed by atoms with E-state index in [0.29, 0.717) is 18.2 Å². The van der Waals surface area contributed by atoms with Gasteiger partial charge in [-0.3, -0.25) is 0 Å². The number of alkyl halides is 3. The molecule has 2 rings (SSSR count). The van der Waals surface area contributed by atoms with E-state index in [9.17, 15) is 26.3 Å². The quantitative estimate of drug-likeness (QED) is 0.828. The first-order valence-electron chi connectivity index (χ1n) is 5.77. The highest BCUT2D eigenvalue weighted by atomic mass is 19.4. The van der Waals surface area contributed by atoms with Crippen LogP contribution < -0.4 is 5.73 Å². The van der Waals surface area contributed by atoms with Gasteiger partial charge in [0.05, 0.1) is 11.6 Å². The molecule has 0 saturated carbocycles. The Kier molecular flexibility index (Phi) is 3.95. The van der Waals surface area contributed by atoms with Crippen LogP contribution in [0.15, 0.2) is 36.4 Å². The van der Waals surface area contributed by atoms with Crippen molar-refractivity contribution in [2.45, 2.75) is 12.2 Å². The standard InChI is InChI=1S/C14H9F6N/c15-9-5-10(16)12(11(17)6-9)13(21)7-2-1-3-8(4-7)14(18,19)20/h1-6,13H,21H2. The molecule has 0 radical (unpaired) electrons. The minimum Gasteiger partial charge on any atom is -0.320 e. The minimum absolute atomic E-state index is 0.130. The molecule has 2 aromatic carbocycles. The maximum Gasteiger partial charge on any atom is 0.416 e. The molecule has 0 aromatic heterocycles. The van der Waals surface area contributed by atoms with Gasteiger partial charge < -0.3 is 5.73 Å². The number of benzene rings is 2. The lowest BCUT2D eigenvalue weighted by atomic mass is 9.97. The Morgan fingerprint density at radius 1 is 0.905 bits per heavy atom. The SMILES string of the molecule is NC(c1cccc(C(F)(F)F)c1)c1c(F)cc(F)cc1F. The van der Waals surface area contributed by atoms with Crippen LogP contribution in [0.5, 0.6) is 0 Å². The van der Waals surface area contributed by atoms with Crippen molar-refractivity contribution in [1.29, 1.82) is 0 Å². The predicted molar refractivity (Wildman–Crippen MR) is 63.8 cm³/mol.